The molecule has 0 unspecified atom stereocenters. The highest BCUT2D eigenvalue weighted by Crippen LogP contribution is 2.45. The highest BCUT2D eigenvalue weighted by molar-refractivity contribution is 6.17. The fourth-order valence-electron chi connectivity index (χ4n) is 5.13. The van der Waals surface area contributed by atoms with E-state index >= 15 is 0 Å². The molecular formula is C34H26N2. The molecule has 0 aliphatic carbocycles. The standard InChI is InChI=1S/C34H26N2/c1-23-7-3-9-25(19-23)29-13-15-32(28-12-6-18-36-22-28)34-30(26-10-4-8-24(2)20-26)14-16-31(33(29)34)27-11-5-17-35-21-27/h3-22H,1-2H3. The van der Waals surface area contributed by atoms with E-state index in [9.17, 15) is 0 Å². The minimum Gasteiger partial charge on any atom is -0.264 e. The van der Waals surface area contributed by atoms with Gasteiger partial charge in [-0.15, -0.1) is 0 Å². The zero-order valence-electron chi connectivity index (χ0n) is 20.4. The SMILES string of the molecule is Cc1cccc(-c2ccc(-c3cccnc3)c3c(-c4cccc(C)c4)ccc(-c4cccnc4)c23)c1. The number of aryl methyl sites for hydroxylation is 2. The second kappa shape index (κ2) is 9.24. The van der Waals surface area contributed by atoms with Crippen LogP contribution in [0.15, 0.2) is 122 Å². The van der Waals surface area contributed by atoms with Crippen molar-refractivity contribution < 1.29 is 0 Å². The Kier molecular flexibility index (Phi) is 5.63. The van der Waals surface area contributed by atoms with E-state index in [-0.39, 0.29) is 0 Å². The summed E-state index contributed by atoms with van der Waals surface area (Å²) >= 11 is 0. The molecule has 0 bridgehead atoms. The van der Waals surface area contributed by atoms with E-state index < -0.39 is 0 Å². The lowest BCUT2D eigenvalue weighted by Gasteiger charge is -2.20. The molecule has 0 fully saturated rings. The molecule has 2 nitrogen and oxygen atoms in total. The number of fused-ring (bicyclic) bond motifs is 1. The summed E-state index contributed by atoms with van der Waals surface area (Å²) in [6.07, 6.45) is 7.57. The van der Waals surface area contributed by atoms with Crippen LogP contribution in [0.5, 0.6) is 0 Å². The van der Waals surface area contributed by atoms with Crippen LogP contribution in [0.3, 0.4) is 0 Å². The Balaban J connectivity index is 1.81. The summed E-state index contributed by atoms with van der Waals surface area (Å²) in [7, 11) is 0. The van der Waals surface area contributed by atoms with Crippen molar-refractivity contribution in [1.82, 2.24) is 9.97 Å². The minimum atomic E-state index is 1.11. The number of hydrogen-bond acceptors (Lipinski definition) is 2. The van der Waals surface area contributed by atoms with Crippen molar-refractivity contribution in [2.45, 2.75) is 13.8 Å². The molecule has 2 heteroatoms. The van der Waals surface area contributed by atoms with Crippen LogP contribution < -0.4 is 0 Å². The third-order valence-electron chi connectivity index (χ3n) is 6.76. The lowest BCUT2D eigenvalue weighted by Crippen LogP contribution is -1.94. The van der Waals surface area contributed by atoms with Gasteiger partial charge in [-0.3, -0.25) is 9.97 Å². The van der Waals surface area contributed by atoms with Gasteiger partial charge in [0, 0.05) is 35.9 Å². The van der Waals surface area contributed by atoms with Gasteiger partial charge in [0.1, 0.15) is 0 Å². The molecule has 6 aromatic rings. The van der Waals surface area contributed by atoms with Crippen molar-refractivity contribution >= 4 is 10.8 Å². The van der Waals surface area contributed by atoms with Gasteiger partial charge in [-0.05, 0) is 70.1 Å². The van der Waals surface area contributed by atoms with Crippen molar-refractivity contribution in [3.8, 4) is 44.5 Å². The Morgan fingerprint density at radius 1 is 0.417 bits per heavy atom. The van der Waals surface area contributed by atoms with Crippen molar-refractivity contribution in [1.29, 1.82) is 0 Å². The molecule has 0 radical (unpaired) electrons. The second-order valence-electron chi connectivity index (χ2n) is 9.29. The highest BCUT2D eigenvalue weighted by atomic mass is 14.6. The summed E-state index contributed by atoms with van der Waals surface area (Å²) < 4.78 is 0. The third-order valence-corrected chi connectivity index (χ3v) is 6.76. The van der Waals surface area contributed by atoms with Crippen LogP contribution in [0.4, 0.5) is 0 Å². The van der Waals surface area contributed by atoms with Gasteiger partial charge in [0.15, 0.2) is 0 Å². The molecule has 6 rings (SSSR count). The summed E-state index contributed by atoms with van der Waals surface area (Å²) in [6, 6.07) is 34.9. The Hall–Kier alpha value is -4.56. The summed E-state index contributed by atoms with van der Waals surface area (Å²) in [5.41, 5.74) is 11.9. The maximum Gasteiger partial charge on any atom is 0.0346 e. The van der Waals surface area contributed by atoms with E-state index in [2.05, 4.69) is 109 Å². The van der Waals surface area contributed by atoms with Gasteiger partial charge in [0.05, 0.1) is 0 Å². The van der Waals surface area contributed by atoms with Crippen LogP contribution in [-0.2, 0) is 0 Å². The molecule has 0 N–H and O–H groups in total. The van der Waals surface area contributed by atoms with Gasteiger partial charge in [-0.2, -0.15) is 0 Å². The summed E-state index contributed by atoms with van der Waals surface area (Å²) in [5, 5.41) is 2.46. The normalized spacial score (nSPS) is 11.1. The van der Waals surface area contributed by atoms with Crippen molar-refractivity contribution in [3.05, 3.63) is 133 Å². The van der Waals surface area contributed by atoms with E-state index in [1.54, 1.807) is 0 Å². The lowest BCUT2D eigenvalue weighted by molar-refractivity contribution is 1.33. The number of benzene rings is 4. The molecule has 4 aromatic carbocycles. The Bertz CT molecular complexity index is 1560. The predicted molar refractivity (Wildman–Crippen MR) is 151 cm³/mol. The first-order chi connectivity index (χ1) is 17.7. The molecule has 172 valence electrons. The van der Waals surface area contributed by atoms with Gasteiger partial charge >= 0.3 is 0 Å². The lowest BCUT2D eigenvalue weighted by atomic mass is 9.84. The summed E-state index contributed by atoms with van der Waals surface area (Å²) in [4.78, 5) is 8.89. The number of rotatable bonds is 4. The molecule has 0 saturated carbocycles. The first-order valence-corrected chi connectivity index (χ1v) is 12.2. The van der Waals surface area contributed by atoms with Gasteiger partial charge in [0.2, 0.25) is 0 Å². The quantitative estimate of drug-likeness (QED) is 0.261. The fourth-order valence-corrected chi connectivity index (χ4v) is 5.13. The number of pyridine rings is 2. The van der Waals surface area contributed by atoms with E-state index in [0.717, 1.165) is 11.1 Å². The van der Waals surface area contributed by atoms with Crippen LogP contribution in [0.1, 0.15) is 11.1 Å². The van der Waals surface area contributed by atoms with Gasteiger partial charge in [0.25, 0.3) is 0 Å². The van der Waals surface area contributed by atoms with Crippen LogP contribution in [0.25, 0.3) is 55.3 Å². The zero-order valence-corrected chi connectivity index (χ0v) is 20.4. The predicted octanol–water partition coefficient (Wildman–Crippen LogP) is 8.91. The van der Waals surface area contributed by atoms with Gasteiger partial charge in [-0.1, -0.05) is 96.1 Å². The molecule has 2 heterocycles. The van der Waals surface area contributed by atoms with Crippen molar-refractivity contribution in [2.75, 3.05) is 0 Å². The Labute approximate surface area is 212 Å². The average molecular weight is 463 g/mol. The van der Waals surface area contributed by atoms with E-state index in [0.29, 0.717) is 0 Å². The van der Waals surface area contributed by atoms with Crippen LogP contribution >= 0.6 is 0 Å². The van der Waals surface area contributed by atoms with E-state index in [1.807, 2.05) is 36.9 Å². The van der Waals surface area contributed by atoms with Crippen molar-refractivity contribution in [3.63, 3.8) is 0 Å². The molecule has 0 atom stereocenters. The first kappa shape index (κ1) is 21.9. The average Bonchev–Trinajstić information content (AvgIpc) is 2.93. The zero-order chi connectivity index (χ0) is 24.5. The van der Waals surface area contributed by atoms with E-state index in [1.165, 1.54) is 55.3 Å². The Morgan fingerprint density at radius 2 is 0.806 bits per heavy atom. The van der Waals surface area contributed by atoms with Crippen LogP contribution in [0.2, 0.25) is 0 Å². The molecule has 0 spiro atoms. The van der Waals surface area contributed by atoms with E-state index in [4.69, 9.17) is 0 Å². The Morgan fingerprint density at radius 3 is 1.17 bits per heavy atom. The highest BCUT2D eigenvalue weighted by Gasteiger charge is 2.18. The molecule has 2 aromatic heterocycles. The number of hydrogen-bond donors (Lipinski definition) is 0. The monoisotopic (exact) mass is 462 g/mol. The summed E-state index contributed by atoms with van der Waals surface area (Å²) in [5.74, 6) is 0. The largest absolute Gasteiger partial charge is 0.264 e. The van der Waals surface area contributed by atoms with Crippen LogP contribution in [0, 0.1) is 13.8 Å². The number of aromatic nitrogens is 2. The minimum absolute atomic E-state index is 1.11. The third kappa shape index (κ3) is 3.97. The molecule has 0 saturated heterocycles. The van der Waals surface area contributed by atoms with Crippen LogP contribution in [-0.4, -0.2) is 9.97 Å². The molecular weight excluding hydrogens is 436 g/mol. The van der Waals surface area contributed by atoms with Gasteiger partial charge in [-0.25, -0.2) is 0 Å². The second-order valence-corrected chi connectivity index (χ2v) is 9.29. The molecule has 0 aliphatic heterocycles. The van der Waals surface area contributed by atoms with Gasteiger partial charge < -0.3 is 0 Å². The number of nitrogens with zero attached hydrogens (tertiary/aromatic N) is 2. The molecule has 0 amide bonds. The fraction of sp³-hybridized carbons (Fsp3) is 0.0588. The summed E-state index contributed by atoms with van der Waals surface area (Å²) in [6.45, 7) is 4.30. The van der Waals surface area contributed by atoms with Crippen molar-refractivity contribution in [2.24, 2.45) is 0 Å². The first-order valence-electron chi connectivity index (χ1n) is 12.2. The molecule has 36 heavy (non-hydrogen) atoms. The maximum atomic E-state index is 4.45. The molecule has 0 aliphatic rings. The topological polar surface area (TPSA) is 25.8 Å². The smallest absolute Gasteiger partial charge is 0.0346 e. The maximum absolute atomic E-state index is 4.45.